The Morgan fingerprint density at radius 3 is 2.30 bits per heavy atom. The number of amides is 1. The molecule has 0 aliphatic heterocycles. The maximum absolute atomic E-state index is 13.2. The third-order valence-corrected chi connectivity index (χ3v) is 3.78. The second kappa shape index (κ2) is 8.23. The van der Waals surface area contributed by atoms with Crippen molar-refractivity contribution in [3.63, 3.8) is 0 Å². The summed E-state index contributed by atoms with van der Waals surface area (Å²) in [6, 6.07) is 19.3. The number of hydrogen-bond acceptors (Lipinski definition) is 3. The highest BCUT2D eigenvalue weighted by Crippen LogP contribution is 2.27. The number of hydrogen-bond donors (Lipinski definition) is 1. The van der Waals surface area contributed by atoms with Gasteiger partial charge >= 0.3 is 5.97 Å². The molecule has 0 bridgehead atoms. The van der Waals surface area contributed by atoms with Gasteiger partial charge in [-0.2, -0.15) is 0 Å². The molecule has 3 aromatic carbocycles. The predicted molar refractivity (Wildman–Crippen MR) is 97.1 cm³/mol. The number of carbonyl (C=O) groups excluding carboxylic acids is 2. The van der Waals surface area contributed by atoms with Crippen molar-refractivity contribution in [3.8, 4) is 11.1 Å². The number of nitrogens with one attached hydrogen (secondary N) is 1. The molecule has 0 saturated heterocycles. The number of ether oxygens (including phenoxy) is 1. The zero-order chi connectivity index (χ0) is 19.2. The average molecular weight is 367 g/mol. The highest BCUT2D eigenvalue weighted by Gasteiger charge is 2.14. The Balaban J connectivity index is 1.65. The molecular formula is C21H15F2NO3. The Hall–Kier alpha value is -3.54. The van der Waals surface area contributed by atoms with E-state index < -0.39 is 30.1 Å². The molecule has 6 heteroatoms. The van der Waals surface area contributed by atoms with Crippen molar-refractivity contribution in [3.05, 3.63) is 90.0 Å². The molecule has 0 aliphatic carbocycles. The van der Waals surface area contributed by atoms with Crippen LogP contribution < -0.4 is 5.32 Å². The van der Waals surface area contributed by atoms with Gasteiger partial charge in [-0.15, -0.1) is 0 Å². The zero-order valence-corrected chi connectivity index (χ0v) is 14.1. The van der Waals surface area contributed by atoms with E-state index >= 15 is 0 Å². The second-order valence-electron chi connectivity index (χ2n) is 5.66. The molecule has 3 aromatic rings. The Kier molecular flexibility index (Phi) is 5.56. The molecule has 1 amide bonds. The van der Waals surface area contributed by atoms with Crippen LogP contribution in [0.2, 0.25) is 0 Å². The van der Waals surface area contributed by atoms with Gasteiger partial charge in [0.25, 0.3) is 5.91 Å². The van der Waals surface area contributed by atoms with E-state index in [1.54, 1.807) is 12.1 Å². The van der Waals surface area contributed by atoms with Crippen LogP contribution in [-0.4, -0.2) is 18.5 Å². The van der Waals surface area contributed by atoms with Crippen molar-refractivity contribution < 1.29 is 23.1 Å². The summed E-state index contributed by atoms with van der Waals surface area (Å²) < 4.78 is 30.9. The van der Waals surface area contributed by atoms with E-state index in [9.17, 15) is 18.4 Å². The van der Waals surface area contributed by atoms with Gasteiger partial charge in [0.1, 0.15) is 0 Å². The topological polar surface area (TPSA) is 55.4 Å². The molecule has 1 N–H and O–H groups in total. The molecule has 0 atom stereocenters. The molecular weight excluding hydrogens is 352 g/mol. The second-order valence-corrected chi connectivity index (χ2v) is 5.66. The fourth-order valence-electron chi connectivity index (χ4n) is 2.49. The van der Waals surface area contributed by atoms with Crippen LogP contribution in [0.5, 0.6) is 0 Å². The quantitative estimate of drug-likeness (QED) is 0.679. The molecule has 136 valence electrons. The van der Waals surface area contributed by atoms with E-state index in [0.29, 0.717) is 5.69 Å². The first-order chi connectivity index (χ1) is 13.0. The molecule has 3 rings (SSSR count). The minimum Gasteiger partial charge on any atom is -0.452 e. The molecule has 0 fully saturated rings. The minimum absolute atomic E-state index is 0.175. The summed E-state index contributed by atoms with van der Waals surface area (Å²) in [7, 11) is 0. The first-order valence-corrected chi connectivity index (χ1v) is 8.11. The summed E-state index contributed by atoms with van der Waals surface area (Å²) in [5.41, 5.74) is 2.13. The van der Waals surface area contributed by atoms with Crippen LogP contribution in [0.25, 0.3) is 11.1 Å². The zero-order valence-electron chi connectivity index (χ0n) is 14.1. The Bertz CT molecular complexity index is 974. The van der Waals surface area contributed by atoms with E-state index in [4.69, 9.17) is 4.74 Å². The lowest BCUT2D eigenvalue weighted by atomic mass is 10.0. The van der Waals surface area contributed by atoms with Gasteiger partial charge in [0, 0.05) is 11.3 Å². The third kappa shape index (κ3) is 4.55. The predicted octanol–water partition coefficient (Wildman–Crippen LogP) is 4.43. The molecule has 0 aliphatic rings. The fraction of sp³-hybridized carbons (Fsp3) is 0.0476. The molecule has 0 aromatic heterocycles. The maximum Gasteiger partial charge on any atom is 0.338 e. The maximum atomic E-state index is 13.2. The van der Waals surface area contributed by atoms with Crippen LogP contribution in [0.3, 0.4) is 0 Å². The lowest BCUT2D eigenvalue weighted by Gasteiger charge is -2.11. The van der Waals surface area contributed by atoms with Gasteiger partial charge in [-0.1, -0.05) is 48.5 Å². The summed E-state index contributed by atoms with van der Waals surface area (Å²) in [6.07, 6.45) is 0. The van der Waals surface area contributed by atoms with E-state index in [2.05, 4.69) is 5.32 Å². The smallest absolute Gasteiger partial charge is 0.338 e. The number of benzene rings is 3. The first-order valence-electron chi connectivity index (χ1n) is 8.11. The minimum atomic E-state index is -1.16. The van der Waals surface area contributed by atoms with Gasteiger partial charge in [-0.25, -0.2) is 13.6 Å². The van der Waals surface area contributed by atoms with E-state index in [0.717, 1.165) is 29.3 Å². The largest absolute Gasteiger partial charge is 0.452 e. The SMILES string of the molecule is O=C(COC(=O)c1ccc(F)c(F)c1)Nc1ccccc1-c1ccccc1. The summed E-state index contributed by atoms with van der Waals surface area (Å²) in [5.74, 6) is -3.69. The van der Waals surface area contributed by atoms with Crippen molar-refractivity contribution in [1.29, 1.82) is 0 Å². The molecule has 0 heterocycles. The summed E-state index contributed by atoms with van der Waals surface area (Å²) in [4.78, 5) is 24.0. The molecule has 27 heavy (non-hydrogen) atoms. The van der Waals surface area contributed by atoms with Crippen LogP contribution in [0.1, 0.15) is 10.4 Å². The van der Waals surface area contributed by atoms with Crippen molar-refractivity contribution in [2.45, 2.75) is 0 Å². The normalized spacial score (nSPS) is 10.3. The molecule has 0 saturated carbocycles. The van der Waals surface area contributed by atoms with E-state index in [-0.39, 0.29) is 5.56 Å². The monoisotopic (exact) mass is 367 g/mol. The van der Waals surface area contributed by atoms with Crippen LogP contribution in [0, 0.1) is 11.6 Å². The summed E-state index contributed by atoms with van der Waals surface area (Å²) >= 11 is 0. The summed E-state index contributed by atoms with van der Waals surface area (Å²) in [6.45, 7) is -0.555. The number of anilines is 1. The highest BCUT2D eigenvalue weighted by molar-refractivity contribution is 5.98. The number of rotatable bonds is 5. The standard InChI is InChI=1S/C21H15F2NO3/c22-17-11-10-15(12-18(17)23)21(26)27-13-20(25)24-19-9-5-4-8-16(19)14-6-2-1-3-7-14/h1-12H,13H2,(H,24,25). The lowest BCUT2D eigenvalue weighted by molar-refractivity contribution is -0.119. The van der Waals surface area contributed by atoms with Crippen LogP contribution in [-0.2, 0) is 9.53 Å². The molecule has 0 radical (unpaired) electrons. The molecule has 0 unspecified atom stereocenters. The Labute approximate surface area is 154 Å². The van der Waals surface area contributed by atoms with Gasteiger partial charge in [0.05, 0.1) is 5.56 Å². The van der Waals surface area contributed by atoms with Crippen LogP contribution in [0.15, 0.2) is 72.8 Å². The van der Waals surface area contributed by atoms with Crippen LogP contribution >= 0.6 is 0 Å². The van der Waals surface area contributed by atoms with Crippen molar-refractivity contribution in [2.75, 3.05) is 11.9 Å². The summed E-state index contributed by atoms with van der Waals surface area (Å²) in [5, 5.41) is 2.69. The highest BCUT2D eigenvalue weighted by atomic mass is 19.2. The number of para-hydroxylation sites is 1. The average Bonchev–Trinajstić information content (AvgIpc) is 2.69. The van der Waals surface area contributed by atoms with Gasteiger partial charge < -0.3 is 10.1 Å². The van der Waals surface area contributed by atoms with Gasteiger partial charge in [0.2, 0.25) is 0 Å². The van der Waals surface area contributed by atoms with Crippen molar-refractivity contribution in [2.24, 2.45) is 0 Å². The lowest BCUT2D eigenvalue weighted by Crippen LogP contribution is -2.21. The van der Waals surface area contributed by atoms with Gasteiger partial charge in [-0.05, 0) is 29.8 Å². The van der Waals surface area contributed by atoms with Gasteiger partial charge in [-0.3, -0.25) is 4.79 Å². The van der Waals surface area contributed by atoms with E-state index in [1.165, 1.54) is 0 Å². The third-order valence-electron chi connectivity index (χ3n) is 3.78. The van der Waals surface area contributed by atoms with Crippen molar-refractivity contribution >= 4 is 17.6 Å². The van der Waals surface area contributed by atoms with E-state index in [1.807, 2.05) is 42.5 Å². The Morgan fingerprint density at radius 2 is 1.56 bits per heavy atom. The fourth-order valence-corrected chi connectivity index (χ4v) is 2.49. The van der Waals surface area contributed by atoms with Gasteiger partial charge in [0.15, 0.2) is 18.2 Å². The van der Waals surface area contributed by atoms with Crippen molar-refractivity contribution in [1.82, 2.24) is 0 Å². The Morgan fingerprint density at radius 1 is 0.852 bits per heavy atom. The number of esters is 1. The first kappa shape index (κ1) is 18.3. The molecule has 4 nitrogen and oxygen atoms in total. The van der Waals surface area contributed by atoms with Crippen LogP contribution in [0.4, 0.5) is 14.5 Å². The number of carbonyl (C=O) groups is 2. The number of halogens is 2. The molecule has 0 spiro atoms.